The van der Waals surface area contributed by atoms with Gasteiger partial charge < -0.3 is 24.3 Å². The molecule has 1 aromatic rings. The minimum atomic E-state index is -0.239. The highest BCUT2D eigenvalue weighted by molar-refractivity contribution is 5.45. The van der Waals surface area contributed by atoms with Crippen molar-refractivity contribution >= 4 is 0 Å². The van der Waals surface area contributed by atoms with E-state index in [9.17, 15) is 0 Å². The third kappa shape index (κ3) is 2.73. The topological polar surface area (TPSA) is 49.0 Å². The molecule has 2 aliphatic rings. The molecule has 0 bridgehead atoms. The molecule has 2 heterocycles. The second-order valence-corrected chi connectivity index (χ2v) is 5.51. The summed E-state index contributed by atoms with van der Waals surface area (Å²) in [6.45, 7) is 2.68. The predicted octanol–water partition coefficient (Wildman–Crippen LogP) is 1.91. The molecule has 116 valence electrons. The van der Waals surface area contributed by atoms with Gasteiger partial charge in [-0.15, -0.1) is 0 Å². The van der Waals surface area contributed by atoms with Gasteiger partial charge in [0.1, 0.15) is 13.2 Å². The van der Waals surface area contributed by atoms with E-state index in [4.69, 9.17) is 18.9 Å². The maximum Gasteiger partial charge on any atom is 0.161 e. The third-order valence-corrected chi connectivity index (χ3v) is 4.46. The van der Waals surface area contributed by atoms with Crippen molar-refractivity contribution in [1.29, 1.82) is 0 Å². The summed E-state index contributed by atoms with van der Waals surface area (Å²) in [6.07, 6.45) is 1.76. The molecule has 0 radical (unpaired) electrons. The summed E-state index contributed by atoms with van der Waals surface area (Å²) in [5.74, 6) is 1.63. The molecule has 0 aliphatic carbocycles. The monoisotopic (exact) mass is 293 g/mol. The minimum absolute atomic E-state index is 0.0993. The Hall–Kier alpha value is -1.30. The van der Waals surface area contributed by atoms with E-state index >= 15 is 0 Å². The van der Waals surface area contributed by atoms with E-state index in [2.05, 4.69) is 17.4 Å². The van der Waals surface area contributed by atoms with Crippen LogP contribution >= 0.6 is 0 Å². The molecular weight excluding hydrogens is 270 g/mol. The zero-order valence-electron chi connectivity index (χ0n) is 12.7. The van der Waals surface area contributed by atoms with E-state index in [-0.39, 0.29) is 11.6 Å². The average molecular weight is 293 g/mol. The lowest BCUT2D eigenvalue weighted by molar-refractivity contribution is -0.110. The van der Waals surface area contributed by atoms with Gasteiger partial charge in [-0.1, -0.05) is 6.07 Å². The van der Waals surface area contributed by atoms with Gasteiger partial charge in [-0.25, -0.2) is 0 Å². The summed E-state index contributed by atoms with van der Waals surface area (Å²) in [7, 11) is 3.76. The number of fused-ring (bicyclic) bond motifs is 1. The van der Waals surface area contributed by atoms with Gasteiger partial charge >= 0.3 is 0 Å². The van der Waals surface area contributed by atoms with Crippen LogP contribution in [0.2, 0.25) is 0 Å². The number of methoxy groups -OCH3 is 1. The van der Waals surface area contributed by atoms with E-state index in [0.717, 1.165) is 43.1 Å². The van der Waals surface area contributed by atoms with E-state index in [1.807, 2.05) is 13.1 Å². The highest BCUT2D eigenvalue weighted by Gasteiger charge is 2.41. The van der Waals surface area contributed by atoms with Crippen LogP contribution in [0.5, 0.6) is 11.5 Å². The fraction of sp³-hybridized carbons (Fsp3) is 0.625. The maximum absolute atomic E-state index is 5.92. The van der Waals surface area contributed by atoms with Gasteiger partial charge in [-0.3, -0.25) is 0 Å². The molecule has 3 rings (SSSR count). The highest BCUT2D eigenvalue weighted by Crippen LogP contribution is 2.40. The van der Waals surface area contributed by atoms with E-state index in [1.54, 1.807) is 7.11 Å². The first kappa shape index (κ1) is 14.6. The first-order valence-electron chi connectivity index (χ1n) is 7.49. The van der Waals surface area contributed by atoms with Gasteiger partial charge in [0.05, 0.1) is 11.6 Å². The van der Waals surface area contributed by atoms with Crippen molar-refractivity contribution in [2.45, 2.75) is 24.5 Å². The second kappa shape index (κ2) is 6.22. The van der Waals surface area contributed by atoms with Gasteiger partial charge in [0.2, 0.25) is 0 Å². The second-order valence-electron chi connectivity index (χ2n) is 5.51. The van der Waals surface area contributed by atoms with Crippen LogP contribution in [0.25, 0.3) is 0 Å². The fourth-order valence-electron chi connectivity index (χ4n) is 3.30. The number of hydrogen-bond donors (Lipinski definition) is 1. The van der Waals surface area contributed by atoms with E-state index < -0.39 is 0 Å². The molecule has 0 aromatic heterocycles. The summed E-state index contributed by atoms with van der Waals surface area (Å²) in [6, 6.07) is 6.23. The zero-order chi connectivity index (χ0) is 14.7. The molecule has 1 aromatic carbocycles. The first-order valence-corrected chi connectivity index (χ1v) is 7.49. The molecule has 0 amide bonds. The Labute approximate surface area is 125 Å². The Morgan fingerprint density at radius 1 is 1.10 bits per heavy atom. The van der Waals surface area contributed by atoms with Crippen LogP contribution < -0.4 is 14.8 Å². The standard InChI is InChI=1S/C16H23NO4/c1-17-15(16(18-2)5-7-19-8-6-16)12-3-4-13-14(11-12)21-10-9-20-13/h3-4,11,15,17H,5-10H2,1-2H3. The van der Waals surface area contributed by atoms with Gasteiger partial charge in [0, 0.05) is 33.2 Å². The van der Waals surface area contributed by atoms with Crippen LogP contribution in [0.4, 0.5) is 0 Å². The van der Waals surface area contributed by atoms with Crippen LogP contribution in [-0.4, -0.2) is 46.2 Å². The van der Waals surface area contributed by atoms with Crippen LogP contribution in [-0.2, 0) is 9.47 Å². The lowest BCUT2D eigenvalue weighted by Gasteiger charge is -2.42. The predicted molar refractivity (Wildman–Crippen MR) is 79.0 cm³/mol. The Morgan fingerprint density at radius 2 is 1.81 bits per heavy atom. The molecule has 5 heteroatoms. The summed E-state index contributed by atoms with van der Waals surface area (Å²) in [4.78, 5) is 0. The van der Waals surface area contributed by atoms with Crippen LogP contribution in [0.3, 0.4) is 0 Å². The van der Waals surface area contributed by atoms with Gasteiger partial charge in [-0.05, 0) is 24.7 Å². The SMILES string of the molecule is CNC(c1ccc2c(c1)OCCO2)C1(OC)CCOCC1. The van der Waals surface area contributed by atoms with Crippen molar-refractivity contribution in [2.24, 2.45) is 0 Å². The first-order chi connectivity index (χ1) is 10.3. The third-order valence-electron chi connectivity index (χ3n) is 4.46. The molecule has 2 aliphatic heterocycles. The minimum Gasteiger partial charge on any atom is -0.486 e. The number of benzene rings is 1. The smallest absolute Gasteiger partial charge is 0.161 e. The number of hydrogen-bond acceptors (Lipinski definition) is 5. The van der Waals surface area contributed by atoms with Crippen molar-refractivity contribution < 1.29 is 18.9 Å². The molecular formula is C16H23NO4. The van der Waals surface area contributed by atoms with Gasteiger partial charge in [-0.2, -0.15) is 0 Å². The van der Waals surface area contributed by atoms with Crippen LogP contribution in [0, 0.1) is 0 Å². The van der Waals surface area contributed by atoms with Crippen molar-refractivity contribution in [3.63, 3.8) is 0 Å². The summed E-state index contributed by atoms with van der Waals surface area (Å²) in [5, 5.41) is 3.41. The number of rotatable bonds is 4. The van der Waals surface area contributed by atoms with E-state index in [0.29, 0.717) is 13.2 Å². The molecule has 1 N–H and O–H groups in total. The molecule has 1 saturated heterocycles. The molecule has 0 spiro atoms. The zero-order valence-corrected chi connectivity index (χ0v) is 12.7. The largest absolute Gasteiger partial charge is 0.486 e. The van der Waals surface area contributed by atoms with Gasteiger partial charge in [0.15, 0.2) is 11.5 Å². The van der Waals surface area contributed by atoms with E-state index in [1.165, 1.54) is 0 Å². The highest BCUT2D eigenvalue weighted by atomic mass is 16.6. The van der Waals surface area contributed by atoms with Crippen molar-refractivity contribution in [2.75, 3.05) is 40.6 Å². The lowest BCUT2D eigenvalue weighted by Crippen LogP contribution is -2.48. The van der Waals surface area contributed by atoms with Crippen molar-refractivity contribution in [1.82, 2.24) is 5.32 Å². The molecule has 1 fully saturated rings. The molecule has 1 atom stereocenters. The van der Waals surface area contributed by atoms with Crippen LogP contribution in [0.15, 0.2) is 18.2 Å². The molecule has 0 saturated carbocycles. The quantitative estimate of drug-likeness (QED) is 0.919. The Kier molecular flexibility index (Phi) is 4.33. The molecule has 1 unspecified atom stereocenters. The maximum atomic E-state index is 5.92. The number of nitrogens with one attached hydrogen (secondary N) is 1. The van der Waals surface area contributed by atoms with Crippen molar-refractivity contribution in [3.05, 3.63) is 23.8 Å². The average Bonchev–Trinajstić information content (AvgIpc) is 2.56. The summed E-state index contributed by atoms with van der Waals surface area (Å²) >= 11 is 0. The number of likely N-dealkylation sites (N-methyl/N-ethyl adjacent to an activating group) is 1. The fourth-order valence-corrected chi connectivity index (χ4v) is 3.30. The van der Waals surface area contributed by atoms with Gasteiger partial charge in [0.25, 0.3) is 0 Å². The van der Waals surface area contributed by atoms with Crippen molar-refractivity contribution in [3.8, 4) is 11.5 Å². The summed E-state index contributed by atoms with van der Waals surface area (Å²) < 4.78 is 22.7. The normalized spacial score (nSPS) is 21.8. The molecule has 5 nitrogen and oxygen atoms in total. The van der Waals surface area contributed by atoms with Crippen LogP contribution in [0.1, 0.15) is 24.4 Å². The lowest BCUT2D eigenvalue weighted by atomic mass is 9.82. The molecule has 21 heavy (non-hydrogen) atoms. The number of ether oxygens (including phenoxy) is 4. The Balaban J connectivity index is 1.91. The summed E-state index contributed by atoms with van der Waals surface area (Å²) in [5.41, 5.74) is 0.919. The Morgan fingerprint density at radius 3 is 2.48 bits per heavy atom. The Bertz CT molecular complexity index is 485.